The zero-order valence-electron chi connectivity index (χ0n) is 8.30. The summed E-state index contributed by atoms with van der Waals surface area (Å²) in [5.74, 6) is 0.198. The summed E-state index contributed by atoms with van der Waals surface area (Å²) in [5.41, 5.74) is 0. The third-order valence-electron chi connectivity index (χ3n) is 2.38. The predicted molar refractivity (Wildman–Crippen MR) is 50.5 cm³/mol. The fraction of sp³-hybridized carbons (Fsp3) is 0.889. The molecule has 2 N–H and O–H groups in total. The number of nitrogens with one attached hydrogen (secondary N) is 2. The normalized spacial score (nSPS) is 24.3. The molecule has 0 saturated carbocycles. The molecule has 13 heavy (non-hydrogen) atoms. The van der Waals surface area contributed by atoms with E-state index in [9.17, 15) is 4.79 Å². The van der Waals surface area contributed by atoms with E-state index >= 15 is 0 Å². The first-order valence-corrected chi connectivity index (χ1v) is 4.76. The van der Waals surface area contributed by atoms with Crippen molar-refractivity contribution in [2.24, 2.45) is 5.92 Å². The maximum absolute atomic E-state index is 11.4. The van der Waals surface area contributed by atoms with Crippen LogP contribution in [0.15, 0.2) is 0 Å². The summed E-state index contributed by atoms with van der Waals surface area (Å²) in [6.45, 7) is 4.02. The van der Waals surface area contributed by atoms with Gasteiger partial charge in [-0.25, -0.2) is 0 Å². The number of likely N-dealkylation sites (N-methyl/N-ethyl adjacent to an activating group) is 1. The number of rotatable bonds is 4. The molecule has 4 heteroatoms. The first-order valence-electron chi connectivity index (χ1n) is 4.76. The molecule has 0 radical (unpaired) electrons. The summed E-state index contributed by atoms with van der Waals surface area (Å²) < 4.78 is 5.13. The fourth-order valence-electron chi connectivity index (χ4n) is 1.24. The molecule has 0 aromatic heterocycles. The predicted octanol–water partition coefficient (Wildman–Crippen LogP) is -0.253. The van der Waals surface area contributed by atoms with Crippen LogP contribution >= 0.6 is 0 Å². The molecule has 1 amide bonds. The van der Waals surface area contributed by atoms with E-state index in [1.807, 2.05) is 14.0 Å². The Labute approximate surface area is 79.0 Å². The molecular weight excluding hydrogens is 168 g/mol. The molecule has 2 unspecified atom stereocenters. The number of carbonyl (C=O) groups excluding carboxylic acids is 1. The average Bonchev–Trinajstić information content (AvgIpc) is 2.66. The van der Waals surface area contributed by atoms with Crippen LogP contribution in [0.3, 0.4) is 0 Å². The van der Waals surface area contributed by atoms with Crippen molar-refractivity contribution < 1.29 is 9.53 Å². The lowest BCUT2D eigenvalue weighted by Gasteiger charge is -2.13. The first-order chi connectivity index (χ1) is 6.24. The molecule has 0 aromatic carbocycles. The Morgan fingerprint density at radius 1 is 1.69 bits per heavy atom. The summed E-state index contributed by atoms with van der Waals surface area (Å²) in [6, 6.07) is 0.325. The molecule has 0 aliphatic carbocycles. The molecule has 1 aliphatic rings. The Hall–Kier alpha value is -0.610. The SMILES string of the molecule is CNC(C)CNC(=O)C1CCOC1. The van der Waals surface area contributed by atoms with Crippen LogP contribution in [0.1, 0.15) is 13.3 Å². The minimum absolute atomic E-state index is 0.0732. The van der Waals surface area contributed by atoms with Gasteiger partial charge in [-0.15, -0.1) is 0 Å². The third kappa shape index (κ3) is 3.32. The summed E-state index contributed by atoms with van der Waals surface area (Å²) in [7, 11) is 1.88. The average molecular weight is 186 g/mol. The lowest BCUT2D eigenvalue weighted by Crippen LogP contribution is -2.40. The number of carbonyl (C=O) groups is 1. The molecule has 2 atom stereocenters. The number of ether oxygens (including phenoxy) is 1. The molecule has 1 fully saturated rings. The number of hydrogen-bond donors (Lipinski definition) is 2. The van der Waals surface area contributed by atoms with Crippen LogP contribution in [0.4, 0.5) is 0 Å². The standard InChI is InChI=1S/C9H18N2O2/c1-7(10-2)5-11-9(12)8-3-4-13-6-8/h7-8,10H,3-6H2,1-2H3,(H,11,12). The lowest BCUT2D eigenvalue weighted by molar-refractivity contribution is -0.125. The van der Waals surface area contributed by atoms with Crippen molar-refractivity contribution in [3.63, 3.8) is 0 Å². The molecule has 1 rings (SSSR count). The minimum Gasteiger partial charge on any atom is -0.381 e. The smallest absolute Gasteiger partial charge is 0.225 e. The van der Waals surface area contributed by atoms with Crippen LogP contribution in [0.2, 0.25) is 0 Å². The number of amides is 1. The van der Waals surface area contributed by atoms with Crippen molar-refractivity contribution in [1.29, 1.82) is 0 Å². The van der Waals surface area contributed by atoms with Gasteiger partial charge in [0.25, 0.3) is 0 Å². The quantitative estimate of drug-likeness (QED) is 0.636. The van der Waals surface area contributed by atoms with E-state index in [-0.39, 0.29) is 11.8 Å². The van der Waals surface area contributed by atoms with E-state index in [0.29, 0.717) is 19.2 Å². The van der Waals surface area contributed by atoms with Crippen LogP contribution in [-0.2, 0) is 9.53 Å². The summed E-state index contributed by atoms with van der Waals surface area (Å²) >= 11 is 0. The molecule has 0 aromatic rings. The van der Waals surface area contributed by atoms with Gasteiger partial charge < -0.3 is 15.4 Å². The van der Waals surface area contributed by atoms with E-state index in [1.54, 1.807) is 0 Å². The van der Waals surface area contributed by atoms with E-state index < -0.39 is 0 Å². The summed E-state index contributed by atoms with van der Waals surface area (Å²) in [6.07, 6.45) is 0.861. The van der Waals surface area contributed by atoms with E-state index in [2.05, 4.69) is 10.6 Å². The Morgan fingerprint density at radius 2 is 2.46 bits per heavy atom. The van der Waals surface area contributed by atoms with Gasteiger partial charge in [0.2, 0.25) is 5.91 Å². The molecule has 1 heterocycles. The topological polar surface area (TPSA) is 50.4 Å². The second kappa shape index (κ2) is 5.19. The summed E-state index contributed by atoms with van der Waals surface area (Å²) in [4.78, 5) is 11.4. The van der Waals surface area contributed by atoms with Gasteiger partial charge in [-0.3, -0.25) is 4.79 Å². The van der Waals surface area contributed by atoms with Gasteiger partial charge in [0, 0.05) is 19.2 Å². The fourth-order valence-corrected chi connectivity index (χ4v) is 1.24. The first kappa shape index (κ1) is 10.5. The molecular formula is C9H18N2O2. The highest BCUT2D eigenvalue weighted by molar-refractivity contribution is 5.78. The lowest BCUT2D eigenvalue weighted by atomic mass is 10.1. The maximum Gasteiger partial charge on any atom is 0.225 e. The van der Waals surface area contributed by atoms with Gasteiger partial charge in [0.15, 0.2) is 0 Å². The monoisotopic (exact) mass is 186 g/mol. The van der Waals surface area contributed by atoms with Crippen molar-refractivity contribution in [2.45, 2.75) is 19.4 Å². The Morgan fingerprint density at radius 3 is 3.00 bits per heavy atom. The van der Waals surface area contributed by atoms with Crippen LogP contribution in [0.25, 0.3) is 0 Å². The highest BCUT2D eigenvalue weighted by Gasteiger charge is 2.23. The van der Waals surface area contributed by atoms with E-state index in [4.69, 9.17) is 4.74 Å². The molecule has 0 bridgehead atoms. The maximum atomic E-state index is 11.4. The van der Waals surface area contributed by atoms with E-state index in [0.717, 1.165) is 13.0 Å². The molecule has 1 saturated heterocycles. The summed E-state index contributed by atoms with van der Waals surface area (Å²) in [5, 5.41) is 5.96. The minimum atomic E-state index is 0.0732. The highest BCUT2D eigenvalue weighted by atomic mass is 16.5. The van der Waals surface area contributed by atoms with Crippen LogP contribution < -0.4 is 10.6 Å². The van der Waals surface area contributed by atoms with Crippen LogP contribution in [-0.4, -0.2) is 38.8 Å². The van der Waals surface area contributed by atoms with Gasteiger partial charge in [-0.2, -0.15) is 0 Å². The van der Waals surface area contributed by atoms with Crippen molar-refractivity contribution in [1.82, 2.24) is 10.6 Å². The van der Waals surface area contributed by atoms with Crippen LogP contribution in [0.5, 0.6) is 0 Å². The van der Waals surface area contributed by atoms with Gasteiger partial charge in [-0.05, 0) is 20.4 Å². The van der Waals surface area contributed by atoms with Gasteiger partial charge in [-0.1, -0.05) is 0 Å². The van der Waals surface area contributed by atoms with Gasteiger partial charge >= 0.3 is 0 Å². The Balaban J connectivity index is 2.16. The molecule has 0 spiro atoms. The van der Waals surface area contributed by atoms with Crippen molar-refractivity contribution in [2.75, 3.05) is 26.8 Å². The molecule has 1 aliphatic heterocycles. The molecule has 76 valence electrons. The van der Waals surface area contributed by atoms with Gasteiger partial charge in [0.05, 0.1) is 12.5 Å². The largest absolute Gasteiger partial charge is 0.381 e. The van der Waals surface area contributed by atoms with Gasteiger partial charge in [0.1, 0.15) is 0 Å². The second-order valence-corrected chi connectivity index (χ2v) is 3.50. The van der Waals surface area contributed by atoms with E-state index in [1.165, 1.54) is 0 Å². The molecule has 4 nitrogen and oxygen atoms in total. The van der Waals surface area contributed by atoms with Crippen molar-refractivity contribution in [3.8, 4) is 0 Å². The van der Waals surface area contributed by atoms with Crippen LogP contribution in [0, 0.1) is 5.92 Å². The third-order valence-corrected chi connectivity index (χ3v) is 2.38. The zero-order valence-corrected chi connectivity index (χ0v) is 8.30. The van der Waals surface area contributed by atoms with Crippen molar-refractivity contribution in [3.05, 3.63) is 0 Å². The Kier molecular flexibility index (Phi) is 4.18. The number of hydrogen-bond acceptors (Lipinski definition) is 3. The highest BCUT2D eigenvalue weighted by Crippen LogP contribution is 2.11. The zero-order chi connectivity index (χ0) is 9.68. The Bertz CT molecular complexity index is 167. The second-order valence-electron chi connectivity index (χ2n) is 3.50. The van der Waals surface area contributed by atoms with Crippen molar-refractivity contribution >= 4 is 5.91 Å².